The number of guanidine groups is 1. The molecule has 0 saturated carbocycles. The second-order valence-electron chi connectivity index (χ2n) is 7.54. The molecule has 0 spiro atoms. The van der Waals surface area contributed by atoms with Crippen LogP contribution in [0.15, 0.2) is 41.4 Å². The zero-order valence-electron chi connectivity index (χ0n) is 17.6. The van der Waals surface area contributed by atoms with Gasteiger partial charge in [-0.25, -0.2) is 0 Å². The third kappa shape index (κ3) is 5.98. The predicted molar refractivity (Wildman–Crippen MR) is 129 cm³/mol. The van der Waals surface area contributed by atoms with Crippen LogP contribution in [0.1, 0.15) is 25.8 Å². The minimum atomic E-state index is 0. The molecule has 0 bridgehead atoms. The lowest BCUT2D eigenvalue weighted by atomic mass is 10.1. The zero-order valence-corrected chi connectivity index (χ0v) is 19.9. The Morgan fingerprint density at radius 2 is 1.97 bits per heavy atom. The van der Waals surface area contributed by atoms with Gasteiger partial charge in [0.05, 0.1) is 7.11 Å². The summed E-state index contributed by atoms with van der Waals surface area (Å²) in [6, 6.07) is 12.7. The van der Waals surface area contributed by atoms with Gasteiger partial charge in [-0.05, 0) is 41.0 Å². The number of fused-ring (bicyclic) bond motifs is 1. The van der Waals surface area contributed by atoms with Crippen molar-refractivity contribution < 1.29 is 9.53 Å². The summed E-state index contributed by atoms with van der Waals surface area (Å²) in [6.45, 7) is 6.12. The first-order valence-electron chi connectivity index (χ1n) is 9.83. The molecule has 29 heavy (non-hydrogen) atoms. The molecule has 7 heteroatoms. The highest BCUT2D eigenvalue weighted by Crippen LogP contribution is 2.21. The number of nitrogens with zero attached hydrogens (tertiary/aromatic N) is 2. The van der Waals surface area contributed by atoms with Crippen molar-refractivity contribution in [2.24, 2.45) is 10.9 Å². The molecule has 158 valence electrons. The second-order valence-corrected chi connectivity index (χ2v) is 7.54. The van der Waals surface area contributed by atoms with Gasteiger partial charge in [0.25, 0.3) is 0 Å². The van der Waals surface area contributed by atoms with E-state index in [1.165, 1.54) is 10.9 Å². The van der Waals surface area contributed by atoms with Crippen molar-refractivity contribution in [3.63, 3.8) is 0 Å². The SMILES string of the molecule is CN=C(NCc1ccc2cc(OC)ccc2c1)NC1CCN(C(=O)C(C)C)C1.I. The number of nitrogens with one attached hydrogen (secondary N) is 2. The van der Waals surface area contributed by atoms with Gasteiger partial charge in [-0.15, -0.1) is 24.0 Å². The lowest BCUT2D eigenvalue weighted by molar-refractivity contribution is -0.133. The average molecular weight is 510 g/mol. The van der Waals surface area contributed by atoms with E-state index in [2.05, 4.69) is 39.9 Å². The monoisotopic (exact) mass is 510 g/mol. The lowest BCUT2D eigenvalue weighted by Crippen LogP contribution is -2.45. The predicted octanol–water partition coefficient (Wildman–Crippen LogP) is 3.39. The van der Waals surface area contributed by atoms with Crippen LogP contribution in [0.4, 0.5) is 0 Å². The van der Waals surface area contributed by atoms with Gasteiger partial charge >= 0.3 is 0 Å². The Bertz CT molecular complexity index is 869. The Morgan fingerprint density at radius 1 is 1.24 bits per heavy atom. The molecule has 1 heterocycles. The fourth-order valence-electron chi connectivity index (χ4n) is 3.53. The summed E-state index contributed by atoms with van der Waals surface area (Å²) in [5.41, 5.74) is 1.18. The average Bonchev–Trinajstić information content (AvgIpc) is 3.18. The van der Waals surface area contributed by atoms with E-state index in [1.54, 1.807) is 14.2 Å². The minimum Gasteiger partial charge on any atom is -0.497 e. The molecule has 0 aromatic heterocycles. The summed E-state index contributed by atoms with van der Waals surface area (Å²) in [5, 5.41) is 9.16. The van der Waals surface area contributed by atoms with Crippen LogP contribution < -0.4 is 15.4 Å². The summed E-state index contributed by atoms with van der Waals surface area (Å²) < 4.78 is 5.28. The van der Waals surface area contributed by atoms with Crippen LogP contribution in [0.5, 0.6) is 5.75 Å². The molecule has 2 aromatic carbocycles. The first kappa shape index (κ1) is 23.3. The van der Waals surface area contributed by atoms with Gasteiger partial charge in [0.15, 0.2) is 5.96 Å². The normalized spacial score (nSPS) is 16.7. The highest BCUT2D eigenvalue weighted by atomic mass is 127. The number of aliphatic imine (C=N–C) groups is 1. The molecule has 1 fully saturated rings. The number of hydrogen-bond acceptors (Lipinski definition) is 3. The molecule has 0 radical (unpaired) electrons. The molecule has 1 amide bonds. The summed E-state index contributed by atoms with van der Waals surface area (Å²) in [6.07, 6.45) is 0.941. The van der Waals surface area contributed by atoms with Gasteiger partial charge in [0.2, 0.25) is 5.91 Å². The Hall–Kier alpha value is -2.03. The third-order valence-electron chi connectivity index (χ3n) is 5.13. The summed E-state index contributed by atoms with van der Waals surface area (Å²) >= 11 is 0. The Morgan fingerprint density at radius 3 is 2.66 bits per heavy atom. The first-order chi connectivity index (χ1) is 13.5. The molecule has 1 unspecified atom stereocenters. The molecular formula is C22H31IN4O2. The lowest BCUT2D eigenvalue weighted by Gasteiger charge is -2.20. The number of benzene rings is 2. The summed E-state index contributed by atoms with van der Waals surface area (Å²) in [4.78, 5) is 18.4. The van der Waals surface area contributed by atoms with E-state index in [0.29, 0.717) is 6.54 Å². The van der Waals surface area contributed by atoms with E-state index in [4.69, 9.17) is 4.74 Å². The van der Waals surface area contributed by atoms with E-state index in [1.807, 2.05) is 30.9 Å². The molecule has 2 aromatic rings. The molecule has 2 N–H and O–H groups in total. The molecule has 0 aliphatic carbocycles. The molecule has 1 aliphatic rings. The topological polar surface area (TPSA) is 66.0 Å². The second kappa shape index (κ2) is 10.7. The fraction of sp³-hybridized carbons (Fsp3) is 0.455. The molecule has 6 nitrogen and oxygen atoms in total. The van der Waals surface area contributed by atoms with Crippen LogP contribution in [0.2, 0.25) is 0 Å². The fourth-order valence-corrected chi connectivity index (χ4v) is 3.53. The highest BCUT2D eigenvalue weighted by molar-refractivity contribution is 14.0. The number of methoxy groups -OCH3 is 1. The Balaban J connectivity index is 0.00000300. The van der Waals surface area contributed by atoms with Gasteiger partial charge in [-0.2, -0.15) is 0 Å². The van der Waals surface area contributed by atoms with Gasteiger partial charge in [-0.3, -0.25) is 9.79 Å². The molecule has 3 rings (SSSR count). The number of hydrogen-bond donors (Lipinski definition) is 2. The third-order valence-corrected chi connectivity index (χ3v) is 5.13. The highest BCUT2D eigenvalue weighted by Gasteiger charge is 2.27. The largest absolute Gasteiger partial charge is 0.497 e. The van der Waals surface area contributed by atoms with Crippen molar-refractivity contribution in [2.45, 2.75) is 32.9 Å². The molecule has 1 aliphatic heterocycles. The molecule has 1 saturated heterocycles. The standard InChI is InChI=1S/C22H30N4O2.HI/c1-15(2)21(27)26-10-9-19(14-26)25-22(23-3)24-13-16-5-6-18-12-20(28-4)8-7-17(18)11-16;/h5-8,11-12,15,19H,9-10,13-14H2,1-4H3,(H2,23,24,25);1H. The number of ether oxygens (including phenoxy) is 1. The number of carbonyl (C=O) groups excluding carboxylic acids is 1. The van der Waals surface area contributed by atoms with Crippen LogP contribution in [0, 0.1) is 5.92 Å². The smallest absolute Gasteiger partial charge is 0.225 e. The minimum absolute atomic E-state index is 0. The molecule has 1 atom stereocenters. The first-order valence-corrected chi connectivity index (χ1v) is 9.83. The zero-order chi connectivity index (χ0) is 20.1. The van der Waals surface area contributed by atoms with E-state index < -0.39 is 0 Å². The van der Waals surface area contributed by atoms with Gasteiger partial charge in [0.1, 0.15) is 5.75 Å². The van der Waals surface area contributed by atoms with Crippen LogP contribution in [-0.2, 0) is 11.3 Å². The number of halogens is 1. The van der Waals surface area contributed by atoms with Gasteiger partial charge in [0, 0.05) is 38.6 Å². The maximum Gasteiger partial charge on any atom is 0.225 e. The number of likely N-dealkylation sites (tertiary alicyclic amines) is 1. The van der Waals surface area contributed by atoms with E-state index in [-0.39, 0.29) is 41.8 Å². The van der Waals surface area contributed by atoms with Crippen molar-refractivity contribution in [1.29, 1.82) is 0 Å². The number of rotatable bonds is 5. The maximum absolute atomic E-state index is 12.1. The van der Waals surface area contributed by atoms with E-state index in [0.717, 1.165) is 36.6 Å². The van der Waals surface area contributed by atoms with Gasteiger partial charge in [-0.1, -0.05) is 32.0 Å². The number of amides is 1. The molecular weight excluding hydrogens is 479 g/mol. The van der Waals surface area contributed by atoms with Crippen LogP contribution in [0.3, 0.4) is 0 Å². The maximum atomic E-state index is 12.1. The van der Waals surface area contributed by atoms with Crippen LogP contribution >= 0.6 is 24.0 Å². The summed E-state index contributed by atoms with van der Waals surface area (Å²) in [7, 11) is 3.45. The quantitative estimate of drug-likeness (QED) is 0.368. The van der Waals surface area contributed by atoms with Crippen molar-refractivity contribution in [1.82, 2.24) is 15.5 Å². The van der Waals surface area contributed by atoms with Crippen molar-refractivity contribution >= 4 is 46.6 Å². The van der Waals surface area contributed by atoms with E-state index >= 15 is 0 Å². The van der Waals surface area contributed by atoms with E-state index in [9.17, 15) is 4.79 Å². The van der Waals surface area contributed by atoms with Gasteiger partial charge < -0.3 is 20.3 Å². The van der Waals surface area contributed by atoms with Crippen LogP contribution in [-0.4, -0.2) is 50.1 Å². The Kier molecular flexibility index (Phi) is 8.55. The van der Waals surface area contributed by atoms with Crippen molar-refractivity contribution in [3.05, 3.63) is 42.0 Å². The summed E-state index contributed by atoms with van der Waals surface area (Å²) in [5.74, 6) is 1.90. The van der Waals surface area contributed by atoms with Crippen molar-refractivity contribution in [2.75, 3.05) is 27.2 Å². The van der Waals surface area contributed by atoms with Crippen molar-refractivity contribution in [3.8, 4) is 5.75 Å². The number of carbonyl (C=O) groups is 1. The van der Waals surface area contributed by atoms with Crippen LogP contribution in [0.25, 0.3) is 10.8 Å². The Labute approximate surface area is 190 Å².